The lowest BCUT2D eigenvalue weighted by atomic mass is 9.94. The van der Waals surface area contributed by atoms with Crippen molar-refractivity contribution in [1.82, 2.24) is 19.9 Å². The van der Waals surface area contributed by atoms with E-state index in [9.17, 15) is 8.42 Å². The fourth-order valence-electron chi connectivity index (χ4n) is 4.94. The van der Waals surface area contributed by atoms with Crippen LogP contribution in [0.4, 0.5) is 5.82 Å². The topological polar surface area (TPSA) is 108 Å². The van der Waals surface area contributed by atoms with Crippen molar-refractivity contribution in [3.63, 3.8) is 0 Å². The molecule has 9 heteroatoms. The molecule has 1 aromatic carbocycles. The molecule has 0 radical (unpaired) electrons. The quantitative estimate of drug-likeness (QED) is 0.322. The molecule has 35 heavy (non-hydrogen) atoms. The van der Waals surface area contributed by atoms with Gasteiger partial charge in [-0.2, -0.15) is 0 Å². The van der Waals surface area contributed by atoms with E-state index < -0.39 is 9.84 Å². The highest BCUT2D eigenvalue weighted by molar-refractivity contribution is 7.91. The zero-order valence-corrected chi connectivity index (χ0v) is 20.4. The number of aromatic nitrogens is 5. The van der Waals surface area contributed by atoms with Crippen LogP contribution in [0, 0.1) is 5.92 Å². The Kier molecular flexibility index (Phi) is 5.10. The summed E-state index contributed by atoms with van der Waals surface area (Å²) < 4.78 is 27.4. The zero-order chi connectivity index (χ0) is 24.2. The van der Waals surface area contributed by atoms with Crippen LogP contribution in [-0.4, -0.2) is 34.1 Å². The molecule has 4 aromatic heterocycles. The van der Waals surface area contributed by atoms with Crippen molar-refractivity contribution in [3.05, 3.63) is 72.6 Å². The molecule has 5 aromatic rings. The maximum Gasteiger partial charge on any atom is 0.246 e. The van der Waals surface area contributed by atoms with Gasteiger partial charge in [-0.05, 0) is 54.2 Å². The minimum Gasteiger partial charge on any atom is -0.362 e. The van der Waals surface area contributed by atoms with Gasteiger partial charge in [0.15, 0.2) is 15.4 Å². The number of hydrogen-bond donors (Lipinski definition) is 3. The first-order chi connectivity index (χ1) is 16.9. The fraction of sp³-hybridized carbons (Fsp3) is 0.269. The summed E-state index contributed by atoms with van der Waals surface area (Å²) in [5.74, 6) is 1.14. The summed E-state index contributed by atoms with van der Waals surface area (Å²) in [5, 5.41) is 4.47. The molecule has 0 spiro atoms. The van der Waals surface area contributed by atoms with E-state index in [1.807, 2.05) is 35.1 Å². The number of pyridine rings is 1. The molecule has 178 valence electrons. The van der Waals surface area contributed by atoms with Crippen LogP contribution >= 0.6 is 0 Å². The lowest BCUT2D eigenvalue weighted by Gasteiger charge is -2.26. The van der Waals surface area contributed by atoms with E-state index in [4.69, 9.17) is 0 Å². The van der Waals surface area contributed by atoms with Gasteiger partial charge in [-0.15, -0.1) is 0 Å². The molecular formula is C26H27N6O2S+. The van der Waals surface area contributed by atoms with Crippen LogP contribution in [0.15, 0.2) is 66.3 Å². The van der Waals surface area contributed by atoms with Gasteiger partial charge >= 0.3 is 0 Å². The molecule has 0 saturated carbocycles. The van der Waals surface area contributed by atoms with Crippen LogP contribution in [0.5, 0.6) is 0 Å². The summed E-state index contributed by atoms with van der Waals surface area (Å²) in [6.45, 7) is 4.24. The molecule has 8 nitrogen and oxygen atoms in total. The summed E-state index contributed by atoms with van der Waals surface area (Å²) in [4.78, 5) is 16.0. The molecule has 3 N–H and O–H groups in total. The molecular weight excluding hydrogens is 460 g/mol. The first kappa shape index (κ1) is 21.8. The molecule has 0 fully saturated rings. The van der Waals surface area contributed by atoms with Gasteiger partial charge in [-0.3, -0.25) is 0 Å². The lowest BCUT2D eigenvalue weighted by Crippen LogP contribution is -2.20. The van der Waals surface area contributed by atoms with Crippen molar-refractivity contribution in [2.75, 3.05) is 11.1 Å². The monoisotopic (exact) mass is 487 g/mol. The summed E-state index contributed by atoms with van der Waals surface area (Å²) in [6, 6.07) is 11.9. The maximum atomic E-state index is 12.7. The number of aromatic amines is 2. The van der Waals surface area contributed by atoms with Crippen LogP contribution in [0.25, 0.3) is 27.8 Å². The van der Waals surface area contributed by atoms with Crippen molar-refractivity contribution in [1.29, 1.82) is 0 Å². The third-order valence-electron chi connectivity index (χ3n) is 6.79. The van der Waals surface area contributed by atoms with E-state index in [2.05, 4.69) is 63.5 Å². The van der Waals surface area contributed by atoms with Crippen molar-refractivity contribution >= 4 is 32.2 Å². The third kappa shape index (κ3) is 3.85. The second kappa shape index (κ2) is 8.20. The lowest BCUT2D eigenvalue weighted by molar-refractivity contribution is -0.510. The highest BCUT2D eigenvalue weighted by atomic mass is 32.2. The fourth-order valence-corrected chi connectivity index (χ4v) is 6.57. The van der Waals surface area contributed by atoms with E-state index in [1.54, 1.807) is 6.33 Å². The highest BCUT2D eigenvalue weighted by Gasteiger charge is 2.26. The van der Waals surface area contributed by atoms with Crippen molar-refractivity contribution in [3.8, 4) is 11.3 Å². The summed E-state index contributed by atoms with van der Waals surface area (Å²) in [6.07, 6.45) is 8.94. The Morgan fingerprint density at radius 2 is 2.00 bits per heavy atom. The number of H-pyrrole nitrogens is 2. The Balaban J connectivity index is 1.38. The highest BCUT2D eigenvalue weighted by Crippen LogP contribution is 2.34. The number of imidazole rings is 1. The number of aryl methyl sites for hydroxylation is 1. The summed E-state index contributed by atoms with van der Waals surface area (Å²) >= 11 is 0. The van der Waals surface area contributed by atoms with Crippen molar-refractivity contribution < 1.29 is 12.8 Å². The Morgan fingerprint density at radius 3 is 2.86 bits per heavy atom. The zero-order valence-electron chi connectivity index (χ0n) is 19.6. The molecule has 1 atom stereocenters. The number of rotatable bonds is 5. The second-order valence-corrected chi connectivity index (χ2v) is 11.6. The molecule has 1 aliphatic rings. The van der Waals surface area contributed by atoms with Crippen molar-refractivity contribution in [2.45, 2.75) is 37.6 Å². The number of anilines is 1. The molecule has 0 aliphatic carbocycles. The van der Waals surface area contributed by atoms with Crippen LogP contribution in [0.2, 0.25) is 0 Å². The van der Waals surface area contributed by atoms with Gasteiger partial charge in [0.25, 0.3) is 0 Å². The first-order valence-electron chi connectivity index (χ1n) is 11.8. The van der Waals surface area contributed by atoms with Gasteiger partial charge in [0.2, 0.25) is 6.33 Å². The number of nitrogens with zero attached hydrogens (tertiary/aromatic N) is 3. The normalized spacial score (nSPS) is 16.0. The van der Waals surface area contributed by atoms with Gasteiger partial charge in [-0.25, -0.2) is 27.8 Å². The molecule has 0 unspecified atom stereocenters. The average molecular weight is 488 g/mol. The first-order valence-corrected chi connectivity index (χ1v) is 13.5. The predicted octanol–water partition coefficient (Wildman–Crippen LogP) is 4.22. The van der Waals surface area contributed by atoms with Gasteiger partial charge in [0.1, 0.15) is 30.2 Å². The Hall–Kier alpha value is -3.72. The number of nitrogens with one attached hydrogen (secondary N) is 3. The minimum absolute atomic E-state index is 0.111. The standard InChI is InChI=1S/C26H26N6O2S/c1-16(2)24(18-6-5-17-4-3-9-35(33,34)23(17)10-18)31-26-21-11-22(30-25(21)28-14-29-26)19-7-8-20-12-27-15-32(20)13-19/h5-8,10-16,24H,3-4,9H2,1-2H3,(H2,28,29,30,31)/p+1/t24-/m0/s1. The van der Waals surface area contributed by atoms with Gasteiger partial charge in [0, 0.05) is 5.56 Å². The van der Waals surface area contributed by atoms with Crippen LogP contribution < -0.4 is 9.72 Å². The van der Waals surface area contributed by atoms with E-state index in [0.717, 1.165) is 45.4 Å². The SMILES string of the molecule is CC(C)[C@H](Nc1ncnc2[nH]c(-c3ccc4c[nH]c[n+]4c3)cc12)c1ccc2c(c1)S(=O)(=O)CCC2. The molecule has 5 heterocycles. The maximum absolute atomic E-state index is 12.7. The number of hydrogen-bond acceptors (Lipinski definition) is 5. The molecule has 1 aliphatic heterocycles. The van der Waals surface area contributed by atoms with E-state index >= 15 is 0 Å². The summed E-state index contributed by atoms with van der Waals surface area (Å²) in [7, 11) is -3.23. The Labute approximate surface area is 203 Å². The summed E-state index contributed by atoms with van der Waals surface area (Å²) in [5.41, 5.74) is 5.66. The number of sulfone groups is 1. The van der Waals surface area contributed by atoms with Gasteiger partial charge < -0.3 is 10.3 Å². The Bertz CT molecular complexity index is 1670. The van der Waals surface area contributed by atoms with E-state index in [-0.39, 0.29) is 17.7 Å². The van der Waals surface area contributed by atoms with Crippen LogP contribution in [0.1, 0.15) is 37.4 Å². The van der Waals surface area contributed by atoms with Crippen LogP contribution in [-0.2, 0) is 16.3 Å². The average Bonchev–Trinajstić information content (AvgIpc) is 3.49. The van der Waals surface area contributed by atoms with Crippen LogP contribution in [0.3, 0.4) is 0 Å². The smallest absolute Gasteiger partial charge is 0.246 e. The van der Waals surface area contributed by atoms with Gasteiger partial charge in [0.05, 0.1) is 27.8 Å². The third-order valence-corrected chi connectivity index (χ3v) is 8.67. The minimum atomic E-state index is -3.23. The largest absolute Gasteiger partial charge is 0.362 e. The Morgan fingerprint density at radius 1 is 1.11 bits per heavy atom. The molecule has 0 saturated heterocycles. The van der Waals surface area contributed by atoms with E-state index in [0.29, 0.717) is 17.1 Å². The van der Waals surface area contributed by atoms with E-state index in [1.165, 1.54) is 0 Å². The predicted molar refractivity (Wildman–Crippen MR) is 135 cm³/mol. The molecule has 6 rings (SSSR count). The molecule has 0 amide bonds. The van der Waals surface area contributed by atoms with Crippen molar-refractivity contribution in [2.24, 2.45) is 5.92 Å². The second-order valence-electron chi connectivity index (χ2n) is 9.51. The molecule has 0 bridgehead atoms. The number of benzene rings is 1. The van der Waals surface area contributed by atoms with Gasteiger partial charge in [-0.1, -0.05) is 26.0 Å². The number of fused-ring (bicyclic) bond motifs is 3.